The predicted molar refractivity (Wildman–Crippen MR) is 83.8 cm³/mol. The molecule has 112 valence electrons. The Hall–Kier alpha value is -0.900. The van der Waals surface area contributed by atoms with Gasteiger partial charge in [0.05, 0.1) is 12.7 Å². The summed E-state index contributed by atoms with van der Waals surface area (Å²) < 4.78 is 6.00. The van der Waals surface area contributed by atoms with Gasteiger partial charge in [0, 0.05) is 11.6 Å². The molecule has 0 bridgehead atoms. The van der Waals surface area contributed by atoms with Crippen molar-refractivity contribution in [1.29, 1.82) is 0 Å². The zero-order valence-corrected chi connectivity index (χ0v) is 13.2. The fraction of sp³-hybridized carbons (Fsp3) is 0.647. The molecule has 3 atom stereocenters. The summed E-state index contributed by atoms with van der Waals surface area (Å²) in [6.45, 7) is 5.25. The van der Waals surface area contributed by atoms with Crippen molar-refractivity contribution in [2.75, 3.05) is 20.7 Å². The molecule has 1 aliphatic rings. The molecule has 0 saturated heterocycles. The number of ether oxygens (including phenoxy) is 1. The van der Waals surface area contributed by atoms with E-state index in [1.807, 2.05) is 0 Å². The number of benzene rings is 1. The zero-order chi connectivity index (χ0) is 14.8. The SMILES string of the molecule is CCC(C)(C(N)CC1OCCc2ccccc21)N(C)C. The van der Waals surface area contributed by atoms with Gasteiger partial charge in [-0.2, -0.15) is 0 Å². The lowest BCUT2D eigenvalue weighted by molar-refractivity contribution is 0.0141. The van der Waals surface area contributed by atoms with Crippen LogP contribution < -0.4 is 5.73 Å². The first-order valence-corrected chi connectivity index (χ1v) is 7.61. The number of hydrogen-bond acceptors (Lipinski definition) is 3. The number of nitrogens with two attached hydrogens (primary N) is 1. The smallest absolute Gasteiger partial charge is 0.0843 e. The van der Waals surface area contributed by atoms with Gasteiger partial charge in [-0.15, -0.1) is 0 Å². The fourth-order valence-corrected chi connectivity index (χ4v) is 3.07. The summed E-state index contributed by atoms with van der Waals surface area (Å²) in [5, 5.41) is 0. The summed E-state index contributed by atoms with van der Waals surface area (Å²) in [7, 11) is 4.22. The van der Waals surface area contributed by atoms with Crippen LogP contribution in [0.2, 0.25) is 0 Å². The molecule has 1 heterocycles. The van der Waals surface area contributed by atoms with Gasteiger partial charge < -0.3 is 15.4 Å². The number of nitrogens with zero attached hydrogens (tertiary/aromatic N) is 1. The van der Waals surface area contributed by atoms with Gasteiger partial charge in [0.15, 0.2) is 0 Å². The van der Waals surface area contributed by atoms with Gasteiger partial charge in [-0.05, 0) is 51.4 Å². The molecule has 2 rings (SSSR count). The molecule has 3 heteroatoms. The summed E-state index contributed by atoms with van der Waals surface area (Å²) in [4.78, 5) is 2.24. The minimum Gasteiger partial charge on any atom is -0.373 e. The van der Waals surface area contributed by atoms with E-state index in [-0.39, 0.29) is 17.7 Å². The van der Waals surface area contributed by atoms with Crippen molar-refractivity contribution >= 4 is 0 Å². The van der Waals surface area contributed by atoms with Crippen LogP contribution in [0.25, 0.3) is 0 Å². The van der Waals surface area contributed by atoms with Gasteiger partial charge in [0.1, 0.15) is 0 Å². The van der Waals surface area contributed by atoms with E-state index >= 15 is 0 Å². The van der Waals surface area contributed by atoms with Gasteiger partial charge in [-0.3, -0.25) is 0 Å². The van der Waals surface area contributed by atoms with E-state index in [1.165, 1.54) is 11.1 Å². The molecule has 0 radical (unpaired) electrons. The first-order chi connectivity index (χ1) is 9.49. The predicted octanol–water partition coefficient (Wildman–Crippen LogP) is 2.75. The molecule has 0 saturated carbocycles. The van der Waals surface area contributed by atoms with E-state index in [2.05, 4.69) is 57.1 Å². The van der Waals surface area contributed by atoms with E-state index < -0.39 is 0 Å². The molecule has 0 fully saturated rings. The summed E-state index contributed by atoms with van der Waals surface area (Å²) in [6.07, 6.45) is 3.07. The van der Waals surface area contributed by atoms with Crippen LogP contribution in [-0.2, 0) is 11.2 Å². The molecule has 1 aliphatic heterocycles. The van der Waals surface area contributed by atoms with Crippen LogP contribution in [0.3, 0.4) is 0 Å². The fourth-order valence-electron chi connectivity index (χ4n) is 3.07. The van der Waals surface area contributed by atoms with Gasteiger partial charge in [-0.25, -0.2) is 0 Å². The molecular weight excluding hydrogens is 248 g/mol. The summed E-state index contributed by atoms with van der Waals surface area (Å²) in [6, 6.07) is 8.69. The Labute approximate surface area is 123 Å². The second-order valence-corrected chi connectivity index (χ2v) is 6.26. The highest BCUT2D eigenvalue weighted by molar-refractivity contribution is 5.31. The van der Waals surface area contributed by atoms with E-state index in [9.17, 15) is 0 Å². The van der Waals surface area contributed by atoms with E-state index in [0.29, 0.717) is 0 Å². The van der Waals surface area contributed by atoms with Crippen LogP contribution in [0.15, 0.2) is 24.3 Å². The van der Waals surface area contributed by atoms with Gasteiger partial charge in [0.2, 0.25) is 0 Å². The normalized spacial score (nSPS) is 23.2. The topological polar surface area (TPSA) is 38.5 Å². The maximum Gasteiger partial charge on any atom is 0.0843 e. The number of rotatable bonds is 5. The van der Waals surface area contributed by atoms with Crippen LogP contribution in [0.4, 0.5) is 0 Å². The van der Waals surface area contributed by atoms with E-state index in [0.717, 1.165) is 25.9 Å². The van der Waals surface area contributed by atoms with Crippen LogP contribution in [-0.4, -0.2) is 37.2 Å². The third-order valence-electron chi connectivity index (χ3n) is 5.10. The van der Waals surface area contributed by atoms with Gasteiger partial charge in [-0.1, -0.05) is 31.2 Å². The summed E-state index contributed by atoms with van der Waals surface area (Å²) in [5.74, 6) is 0. The third-order valence-corrected chi connectivity index (χ3v) is 5.10. The Balaban J connectivity index is 2.15. The zero-order valence-electron chi connectivity index (χ0n) is 13.2. The molecule has 0 spiro atoms. The first-order valence-electron chi connectivity index (χ1n) is 7.61. The van der Waals surface area contributed by atoms with E-state index in [4.69, 9.17) is 10.5 Å². The molecular formula is C17H28N2O. The molecule has 0 aromatic heterocycles. The molecule has 1 aromatic carbocycles. The van der Waals surface area contributed by atoms with Crippen LogP contribution in [0, 0.1) is 0 Å². The Morgan fingerprint density at radius 3 is 2.75 bits per heavy atom. The number of likely N-dealkylation sites (N-methyl/N-ethyl adjacent to an activating group) is 1. The number of fused-ring (bicyclic) bond motifs is 1. The highest BCUT2D eigenvalue weighted by Gasteiger charge is 2.35. The largest absolute Gasteiger partial charge is 0.373 e. The molecule has 0 aliphatic carbocycles. The summed E-state index contributed by atoms with van der Waals surface area (Å²) >= 11 is 0. The van der Waals surface area contributed by atoms with Gasteiger partial charge >= 0.3 is 0 Å². The second-order valence-electron chi connectivity index (χ2n) is 6.26. The average molecular weight is 276 g/mol. The number of hydrogen-bond donors (Lipinski definition) is 1. The van der Waals surface area contributed by atoms with E-state index in [1.54, 1.807) is 0 Å². The molecule has 1 aromatic rings. The maximum absolute atomic E-state index is 6.53. The Morgan fingerprint density at radius 2 is 2.10 bits per heavy atom. The van der Waals surface area contributed by atoms with Crippen molar-refractivity contribution in [2.45, 2.75) is 50.8 Å². The highest BCUT2D eigenvalue weighted by atomic mass is 16.5. The van der Waals surface area contributed by atoms with Crippen molar-refractivity contribution in [1.82, 2.24) is 4.90 Å². The quantitative estimate of drug-likeness (QED) is 0.898. The van der Waals surface area contributed by atoms with Crippen molar-refractivity contribution in [3.8, 4) is 0 Å². The molecule has 20 heavy (non-hydrogen) atoms. The van der Waals surface area contributed by atoms with Crippen molar-refractivity contribution in [2.24, 2.45) is 5.73 Å². The Kier molecular flexibility index (Phi) is 4.84. The summed E-state index contributed by atoms with van der Waals surface area (Å²) in [5.41, 5.74) is 9.28. The maximum atomic E-state index is 6.53. The lowest BCUT2D eigenvalue weighted by Crippen LogP contribution is -2.55. The van der Waals surface area contributed by atoms with Crippen LogP contribution >= 0.6 is 0 Å². The first kappa shape index (κ1) is 15.5. The standard InChI is InChI=1S/C17H28N2O/c1-5-17(2,19(3)4)16(18)12-15-14-9-7-6-8-13(14)10-11-20-15/h6-9,15-16H,5,10-12,18H2,1-4H3. The van der Waals surface area contributed by atoms with Crippen molar-refractivity contribution < 1.29 is 4.74 Å². The van der Waals surface area contributed by atoms with Crippen molar-refractivity contribution in [3.63, 3.8) is 0 Å². The molecule has 3 unspecified atom stereocenters. The molecule has 3 nitrogen and oxygen atoms in total. The second kappa shape index (κ2) is 6.25. The lowest BCUT2D eigenvalue weighted by Gasteiger charge is -2.42. The highest BCUT2D eigenvalue weighted by Crippen LogP contribution is 2.33. The molecule has 0 amide bonds. The Morgan fingerprint density at radius 1 is 1.40 bits per heavy atom. The minimum absolute atomic E-state index is 0.00967. The lowest BCUT2D eigenvalue weighted by atomic mass is 9.83. The molecule has 2 N–H and O–H groups in total. The Bertz CT molecular complexity index is 446. The van der Waals surface area contributed by atoms with Crippen LogP contribution in [0.1, 0.15) is 43.9 Å². The van der Waals surface area contributed by atoms with Gasteiger partial charge in [0.25, 0.3) is 0 Å². The van der Waals surface area contributed by atoms with Crippen LogP contribution in [0.5, 0.6) is 0 Å². The average Bonchev–Trinajstić information content (AvgIpc) is 2.46. The minimum atomic E-state index is 0.00967. The monoisotopic (exact) mass is 276 g/mol. The van der Waals surface area contributed by atoms with Crippen molar-refractivity contribution in [3.05, 3.63) is 35.4 Å². The third kappa shape index (κ3) is 2.90.